The van der Waals surface area contributed by atoms with Gasteiger partial charge in [-0.05, 0) is 24.6 Å². The molecule has 0 saturated heterocycles. The first-order valence-electron chi connectivity index (χ1n) is 4.02. The van der Waals surface area contributed by atoms with Crippen LogP contribution in [0.2, 0.25) is 0 Å². The van der Waals surface area contributed by atoms with Crippen molar-refractivity contribution in [2.24, 2.45) is 0 Å². The minimum atomic E-state index is -1.27. The summed E-state index contributed by atoms with van der Waals surface area (Å²) >= 11 is 0. The molecule has 0 radical (unpaired) electrons. The van der Waals surface area contributed by atoms with E-state index in [1.807, 2.05) is 0 Å². The van der Waals surface area contributed by atoms with E-state index < -0.39 is 6.17 Å². The molecule has 0 aliphatic carbocycles. The van der Waals surface area contributed by atoms with Crippen molar-refractivity contribution in [3.8, 4) is 5.75 Å². The Kier molecular flexibility index (Phi) is 3.01. The van der Waals surface area contributed by atoms with E-state index in [0.717, 1.165) is 0 Å². The fourth-order valence-electron chi connectivity index (χ4n) is 1.05. The number of carbonyl (C=O) groups is 1. The molecule has 70 valence electrons. The van der Waals surface area contributed by atoms with Crippen molar-refractivity contribution in [1.29, 1.82) is 0 Å². The molecule has 0 spiro atoms. The zero-order valence-corrected chi connectivity index (χ0v) is 7.33. The number of Topliss-reactive ketones (excluding diaryl/α,β-unsaturated/α-hetero) is 1. The molecule has 0 aliphatic heterocycles. The fraction of sp³-hybridized carbons (Fsp3) is 0.300. The van der Waals surface area contributed by atoms with Crippen LogP contribution in [0.25, 0.3) is 0 Å². The van der Waals surface area contributed by atoms with Gasteiger partial charge in [0.05, 0.1) is 0 Å². The van der Waals surface area contributed by atoms with Crippen LogP contribution in [0, 0.1) is 0 Å². The number of benzene rings is 1. The standard InChI is InChI=1S/C10H11FO2/c1-7(12)6-10(11)8-2-4-9(13)5-3-8/h2-5,10,13H,6H2,1H3. The van der Waals surface area contributed by atoms with Gasteiger partial charge in [-0.15, -0.1) is 0 Å². The zero-order valence-electron chi connectivity index (χ0n) is 7.33. The SMILES string of the molecule is CC(=O)CC(F)c1ccc(O)cc1. The quantitative estimate of drug-likeness (QED) is 0.779. The first-order valence-corrected chi connectivity index (χ1v) is 4.02. The van der Waals surface area contributed by atoms with Gasteiger partial charge < -0.3 is 5.11 Å². The van der Waals surface area contributed by atoms with Gasteiger partial charge in [-0.1, -0.05) is 12.1 Å². The Morgan fingerprint density at radius 3 is 2.46 bits per heavy atom. The highest BCUT2D eigenvalue weighted by Gasteiger charge is 2.11. The van der Waals surface area contributed by atoms with Crippen LogP contribution in [-0.4, -0.2) is 10.9 Å². The van der Waals surface area contributed by atoms with Crippen molar-refractivity contribution in [2.75, 3.05) is 0 Å². The molecule has 1 rings (SSSR count). The summed E-state index contributed by atoms with van der Waals surface area (Å²) in [6.45, 7) is 1.35. The summed E-state index contributed by atoms with van der Waals surface area (Å²) < 4.78 is 13.2. The summed E-state index contributed by atoms with van der Waals surface area (Å²) in [4.78, 5) is 10.6. The Hall–Kier alpha value is -1.38. The molecule has 3 heteroatoms. The number of phenolic OH excluding ortho intramolecular Hbond substituents is 1. The van der Waals surface area contributed by atoms with Crippen LogP contribution in [0.3, 0.4) is 0 Å². The van der Waals surface area contributed by atoms with Crippen LogP contribution >= 0.6 is 0 Å². The van der Waals surface area contributed by atoms with Crippen molar-refractivity contribution >= 4 is 5.78 Å². The summed E-state index contributed by atoms with van der Waals surface area (Å²) in [5.74, 6) is -0.0839. The number of rotatable bonds is 3. The van der Waals surface area contributed by atoms with E-state index in [1.54, 1.807) is 0 Å². The molecule has 0 saturated carbocycles. The van der Waals surface area contributed by atoms with Gasteiger partial charge >= 0.3 is 0 Å². The van der Waals surface area contributed by atoms with Crippen LogP contribution in [0.5, 0.6) is 5.75 Å². The van der Waals surface area contributed by atoms with Gasteiger partial charge in [0.1, 0.15) is 17.7 Å². The molecule has 13 heavy (non-hydrogen) atoms. The normalized spacial score (nSPS) is 12.5. The molecule has 0 aliphatic rings. The lowest BCUT2D eigenvalue weighted by atomic mass is 10.1. The molecule has 0 heterocycles. The first kappa shape index (κ1) is 9.71. The zero-order chi connectivity index (χ0) is 9.84. The molecule has 0 aromatic heterocycles. The number of alkyl halides is 1. The van der Waals surface area contributed by atoms with E-state index in [2.05, 4.69) is 0 Å². The van der Waals surface area contributed by atoms with E-state index >= 15 is 0 Å². The monoisotopic (exact) mass is 182 g/mol. The lowest BCUT2D eigenvalue weighted by Crippen LogP contribution is -1.98. The second-order valence-corrected chi connectivity index (χ2v) is 2.97. The molecular formula is C10H11FO2. The number of carbonyl (C=O) groups excluding carboxylic acids is 1. The van der Waals surface area contributed by atoms with Crippen molar-refractivity contribution < 1.29 is 14.3 Å². The minimum absolute atomic E-state index is 0.0961. The van der Waals surface area contributed by atoms with Gasteiger partial charge in [0.15, 0.2) is 0 Å². The second-order valence-electron chi connectivity index (χ2n) is 2.97. The van der Waals surface area contributed by atoms with Crippen LogP contribution in [0.15, 0.2) is 24.3 Å². The summed E-state index contributed by atoms with van der Waals surface area (Å²) in [6.07, 6.45) is -1.37. The van der Waals surface area contributed by atoms with Gasteiger partial charge in [0, 0.05) is 6.42 Å². The van der Waals surface area contributed by atoms with E-state index in [1.165, 1.54) is 31.2 Å². The van der Waals surface area contributed by atoms with Gasteiger partial charge in [-0.25, -0.2) is 4.39 Å². The third kappa shape index (κ3) is 2.86. The van der Waals surface area contributed by atoms with Crippen LogP contribution in [0.4, 0.5) is 4.39 Å². The van der Waals surface area contributed by atoms with Crippen molar-refractivity contribution in [1.82, 2.24) is 0 Å². The molecule has 1 N–H and O–H groups in total. The Labute approximate surface area is 76.0 Å². The van der Waals surface area contributed by atoms with Crippen LogP contribution < -0.4 is 0 Å². The lowest BCUT2D eigenvalue weighted by molar-refractivity contribution is -0.118. The third-order valence-corrected chi connectivity index (χ3v) is 1.72. The topological polar surface area (TPSA) is 37.3 Å². The van der Waals surface area contributed by atoms with E-state index in [-0.39, 0.29) is 18.0 Å². The second kappa shape index (κ2) is 4.03. The predicted octanol–water partition coefficient (Wildman–Crippen LogP) is 2.38. The van der Waals surface area contributed by atoms with E-state index in [9.17, 15) is 9.18 Å². The predicted molar refractivity (Wildman–Crippen MR) is 47.3 cm³/mol. The summed E-state index contributed by atoms with van der Waals surface area (Å²) in [5.41, 5.74) is 0.424. The number of hydrogen-bond acceptors (Lipinski definition) is 2. The summed E-state index contributed by atoms with van der Waals surface area (Å²) in [5, 5.41) is 8.93. The fourth-order valence-corrected chi connectivity index (χ4v) is 1.05. The van der Waals surface area contributed by atoms with Gasteiger partial charge in [-0.3, -0.25) is 4.79 Å². The summed E-state index contributed by atoms with van der Waals surface area (Å²) in [6, 6.07) is 5.76. The highest BCUT2D eigenvalue weighted by atomic mass is 19.1. The van der Waals surface area contributed by atoms with E-state index in [4.69, 9.17) is 5.11 Å². The van der Waals surface area contributed by atoms with E-state index in [0.29, 0.717) is 5.56 Å². The maximum absolute atomic E-state index is 13.2. The van der Waals surface area contributed by atoms with Crippen LogP contribution in [-0.2, 0) is 4.79 Å². The Morgan fingerprint density at radius 2 is 2.00 bits per heavy atom. The largest absolute Gasteiger partial charge is 0.508 e. The first-order chi connectivity index (χ1) is 6.09. The Bertz CT molecular complexity index is 292. The lowest BCUT2D eigenvalue weighted by Gasteiger charge is -2.05. The molecule has 0 amide bonds. The maximum atomic E-state index is 13.2. The van der Waals surface area contributed by atoms with Crippen molar-refractivity contribution in [3.05, 3.63) is 29.8 Å². The number of phenols is 1. The molecule has 2 nitrogen and oxygen atoms in total. The molecule has 0 fully saturated rings. The van der Waals surface area contributed by atoms with Crippen molar-refractivity contribution in [3.63, 3.8) is 0 Å². The van der Waals surface area contributed by atoms with Gasteiger partial charge in [0.25, 0.3) is 0 Å². The number of ketones is 1. The Morgan fingerprint density at radius 1 is 1.46 bits per heavy atom. The average molecular weight is 182 g/mol. The highest BCUT2D eigenvalue weighted by Crippen LogP contribution is 2.23. The molecule has 1 atom stereocenters. The maximum Gasteiger partial charge on any atom is 0.133 e. The molecular weight excluding hydrogens is 171 g/mol. The third-order valence-electron chi connectivity index (χ3n) is 1.72. The number of hydrogen-bond donors (Lipinski definition) is 1. The summed E-state index contributed by atoms with van der Waals surface area (Å²) in [7, 11) is 0. The smallest absolute Gasteiger partial charge is 0.133 e. The van der Waals surface area contributed by atoms with Gasteiger partial charge in [-0.2, -0.15) is 0 Å². The minimum Gasteiger partial charge on any atom is -0.508 e. The molecule has 1 unspecified atom stereocenters. The van der Waals surface area contributed by atoms with Crippen molar-refractivity contribution in [2.45, 2.75) is 19.5 Å². The Balaban J connectivity index is 2.71. The van der Waals surface area contributed by atoms with Gasteiger partial charge in [0.2, 0.25) is 0 Å². The highest BCUT2D eigenvalue weighted by molar-refractivity contribution is 5.76. The molecule has 1 aromatic carbocycles. The molecule has 0 bridgehead atoms. The average Bonchev–Trinajstić information content (AvgIpc) is 2.04. The van der Waals surface area contributed by atoms with Crippen LogP contribution in [0.1, 0.15) is 25.1 Å². The number of halogens is 1. The molecule has 1 aromatic rings. The number of aromatic hydroxyl groups is 1.